The Morgan fingerprint density at radius 1 is 1.45 bits per heavy atom. The minimum atomic E-state index is 0.258. The van der Waals surface area contributed by atoms with E-state index in [9.17, 15) is 0 Å². The molecule has 1 aliphatic heterocycles. The standard InChI is InChI=1S/C10H20O/c1-4-10(8-9(2)3)6-5-7-11-10/h9H,4-8H2,1-3H3. The van der Waals surface area contributed by atoms with Crippen LogP contribution in [-0.2, 0) is 4.74 Å². The van der Waals surface area contributed by atoms with Gasteiger partial charge in [-0.25, -0.2) is 0 Å². The Bertz CT molecular complexity index is 112. The van der Waals surface area contributed by atoms with Crippen molar-refractivity contribution < 1.29 is 4.74 Å². The van der Waals surface area contributed by atoms with Crippen LogP contribution in [0.2, 0.25) is 0 Å². The smallest absolute Gasteiger partial charge is 0.0683 e. The second kappa shape index (κ2) is 3.57. The van der Waals surface area contributed by atoms with Crippen LogP contribution in [-0.4, -0.2) is 12.2 Å². The summed E-state index contributed by atoms with van der Waals surface area (Å²) in [6.07, 6.45) is 4.97. The predicted molar refractivity (Wildman–Crippen MR) is 47.7 cm³/mol. The van der Waals surface area contributed by atoms with E-state index in [1.807, 2.05) is 0 Å². The predicted octanol–water partition coefficient (Wildman–Crippen LogP) is 2.99. The van der Waals surface area contributed by atoms with Gasteiger partial charge in [0.15, 0.2) is 0 Å². The molecule has 1 aliphatic rings. The summed E-state index contributed by atoms with van der Waals surface area (Å²) in [5.41, 5.74) is 0.258. The normalized spacial score (nSPS) is 31.6. The lowest BCUT2D eigenvalue weighted by molar-refractivity contribution is -0.0149. The zero-order valence-electron chi connectivity index (χ0n) is 8.02. The van der Waals surface area contributed by atoms with Crippen LogP contribution in [0.4, 0.5) is 0 Å². The Morgan fingerprint density at radius 3 is 2.55 bits per heavy atom. The Balaban J connectivity index is 2.45. The Hall–Kier alpha value is -0.0400. The highest BCUT2D eigenvalue weighted by Crippen LogP contribution is 2.34. The van der Waals surface area contributed by atoms with Gasteiger partial charge in [-0.15, -0.1) is 0 Å². The zero-order valence-corrected chi connectivity index (χ0v) is 8.02. The molecule has 0 aromatic heterocycles. The molecule has 0 amide bonds. The van der Waals surface area contributed by atoms with Crippen LogP contribution in [0.15, 0.2) is 0 Å². The van der Waals surface area contributed by atoms with Gasteiger partial charge in [-0.1, -0.05) is 20.8 Å². The molecule has 1 heteroatoms. The van der Waals surface area contributed by atoms with Crippen molar-refractivity contribution in [3.05, 3.63) is 0 Å². The first-order valence-electron chi connectivity index (χ1n) is 4.82. The molecule has 0 N–H and O–H groups in total. The Labute approximate surface area is 70.1 Å². The van der Waals surface area contributed by atoms with E-state index >= 15 is 0 Å². The lowest BCUT2D eigenvalue weighted by Gasteiger charge is -2.28. The third kappa shape index (κ3) is 2.19. The van der Waals surface area contributed by atoms with Gasteiger partial charge in [0.05, 0.1) is 5.60 Å². The summed E-state index contributed by atoms with van der Waals surface area (Å²) in [5, 5.41) is 0. The molecule has 11 heavy (non-hydrogen) atoms. The molecule has 0 spiro atoms. The highest BCUT2D eigenvalue weighted by Gasteiger charge is 2.33. The van der Waals surface area contributed by atoms with Crippen molar-refractivity contribution in [1.82, 2.24) is 0 Å². The zero-order chi connectivity index (χ0) is 8.32. The van der Waals surface area contributed by atoms with Crippen molar-refractivity contribution in [1.29, 1.82) is 0 Å². The molecule has 66 valence electrons. The van der Waals surface area contributed by atoms with E-state index in [0.29, 0.717) is 0 Å². The second-order valence-electron chi connectivity index (χ2n) is 4.09. The van der Waals surface area contributed by atoms with Gasteiger partial charge in [-0.05, 0) is 31.6 Å². The number of ether oxygens (including phenoxy) is 1. The molecule has 0 radical (unpaired) electrons. The molecule has 1 saturated heterocycles. The largest absolute Gasteiger partial charge is 0.375 e. The third-order valence-corrected chi connectivity index (χ3v) is 2.61. The Morgan fingerprint density at radius 2 is 2.18 bits per heavy atom. The molecule has 1 unspecified atom stereocenters. The molecule has 1 heterocycles. The first-order valence-corrected chi connectivity index (χ1v) is 4.82. The second-order valence-corrected chi connectivity index (χ2v) is 4.09. The van der Waals surface area contributed by atoms with Crippen molar-refractivity contribution in [2.75, 3.05) is 6.61 Å². The topological polar surface area (TPSA) is 9.23 Å². The molecule has 0 saturated carbocycles. The van der Waals surface area contributed by atoms with Crippen LogP contribution in [0.3, 0.4) is 0 Å². The van der Waals surface area contributed by atoms with Gasteiger partial charge in [0.2, 0.25) is 0 Å². The maximum Gasteiger partial charge on any atom is 0.0683 e. The van der Waals surface area contributed by atoms with Crippen LogP contribution >= 0.6 is 0 Å². The van der Waals surface area contributed by atoms with E-state index in [2.05, 4.69) is 20.8 Å². The van der Waals surface area contributed by atoms with Gasteiger partial charge in [0.1, 0.15) is 0 Å². The van der Waals surface area contributed by atoms with E-state index in [1.54, 1.807) is 0 Å². The summed E-state index contributed by atoms with van der Waals surface area (Å²) >= 11 is 0. The number of rotatable bonds is 3. The molecule has 1 nitrogen and oxygen atoms in total. The van der Waals surface area contributed by atoms with Crippen LogP contribution in [0.25, 0.3) is 0 Å². The highest BCUT2D eigenvalue weighted by molar-refractivity contribution is 4.84. The summed E-state index contributed by atoms with van der Waals surface area (Å²) in [6, 6.07) is 0. The maximum absolute atomic E-state index is 5.80. The summed E-state index contributed by atoms with van der Waals surface area (Å²) in [4.78, 5) is 0. The number of hydrogen-bond acceptors (Lipinski definition) is 1. The van der Waals surface area contributed by atoms with Gasteiger partial charge in [0.25, 0.3) is 0 Å². The van der Waals surface area contributed by atoms with Gasteiger partial charge < -0.3 is 4.74 Å². The molecule has 0 aromatic rings. The van der Waals surface area contributed by atoms with Crippen LogP contribution in [0, 0.1) is 5.92 Å². The minimum Gasteiger partial charge on any atom is -0.375 e. The van der Waals surface area contributed by atoms with Crippen molar-refractivity contribution in [3.63, 3.8) is 0 Å². The molecule has 0 bridgehead atoms. The molecule has 1 rings (SSSR count). The molecular weight excluding hydrogens is 136 g/mol. The fraction of sp³-hybridized carbons (Fsp3) is 1.00. The lowest BCUT2D eigenvalue weighted by Crippen LogP contribution is -2.28. The quantitative estimate of drug-likeness (QED) is 0.610. The molecule has 0 aromatic carbocycles. The van der Waals surface area contributed by atoms with Gasteiger partial charge in [-0.3, -0.25) is 0 Å². The van der Waals surface area contributed by atoms with E-state index in [-0.39, 0.29) is 5.60 Å². The van der Waals surface area contributed by atoms with E-state index < -0.39 is 0 Å². The molecule has 1 atom stereocenters. The van der Waals surface area contributed by atoms with Gasteiger partial charge in [0, 0.05) is 6.61 Å². The SMILES string of the molecule is CCC1(CC(C)C)CCCO1. The van der Waals surface area contributed by atoms with Crippen molar-refractivity contribution in [2.24, 2.45) is 5.92 Å². The Kier molecular flexibility index (Phi) is 2.94. The van der Waals surface area contributed by atoms with E-state index in [4.69, 9.17) is 4.74 Å². The molecular formula is C10H20O. The van der Waals surface area contributed by atoms with E-state index in [0.717, 1.165) is 12.5 Å². The highest BCUT2D eigenvalue weighted by atomic mass is 16.5. The summed E-state index contributed by atoms with van der Waals surface area (Å²) in [6.45, 7) is 7.78. The first kappa shape index (κ1) is 9.05. The monoisotopic (exact) mass is 156 g/mol. The summed E-state index contributed by atoms with van der Waals surface area (Å²) in [7, 11) is 0. The van der Waals surface area contributed by atoms with Gasteiger partial charge in [-0.2, -0.15) is 0 Å². The fourth-order valence-corrected chi connectivity index (χ4v) is 2.08. The minimum absolute atomic E-state index is 0.258. The van der Waals surface area contributed by atoms with Crippen molar-refractivity contribution in [2.45, 2.75) is 52.1 Å². The third-order valence-electron chi connectivity index (χ3n) is 2.61. The van der Waals surface area contributed by atoms with Gasteiger partial charge >= 0.3 is 0 Å². The van der Waals surface area contributed by atoms with Crippen LogP contribution in [0.1, 0.15) is 46.5 Å². The average Bonchev–Trinajstić information content (AvgIpc) is 2.36. The average molecular weight is 156 g/mol. The van der Waals surface area contributed by atoms with E-state index in [1.165, 1.54) is 25.7 Å². The maximum atomic E-state index is 5.80. The number of hydrogen-bond donors (Lipinski definition) is 0. The molecule has 0 aliphatic carbocycles. The van der Waals surface area contributed by atoms with Crippen LogP contribution in [0.5, 0.6) is 0 Å². The first-order chi connectivity index (χ1) is 5.18. The summed E-state index contributed by atoms with van der Waals surface area (Å²) in [5.74, 6) is 0.771. The fourth-order valence-electron chi connectivity index (χ4n) is 2.08. The molecule has 1 fully saturated rings. The van der Waals surface area contributed by atoms with Crippen molar-refractivity contribution in [3.8, 4) is 0 Å². The lowest BCUT2D eigenvalue weighted by atomic mass is 9.87. The summed E-state index contributed by atoms with van der Waals surface area (Å²) < 4.78 is 5.80. The van der Waals surface area contributed by atoms with Crippen molar-refractivity contribution >= 4 is 0 Å². The van der Waals surface area contributed by atoms with Crippen LogP contribution < -0.4 is 0 Å².